The number of hydrogen-bond acceptors (Lipinski definition) is 8. The number of amides is 1. The number of carbonyl (C=O) groups excluding carboxylic acids is 2. The van der Waals surface area contributed by atoms with Gasteiger partial charge in [0.1, 0.15) is 32.6 Å². The standard InChI is InChI=1S/C12H17N5O6/c1-8(13)15-10(18)6-22-7-12(19)23-4-3-16-9(2)14-5-11(16)17(20)21/h5H,3-4,6-7H2,1-2H3,(H2,13,15,18). The maximum Gasteiger partial charge on any atom is 0.342 e. The number of nitrogens with zero attached hydrogens (tertiary/aromatic N) is 3. The Balaban J connectivity index is 2.30. The number of amidine groups is 1. The van der Waals surface area contributed by atoms with E-state index in [0.717, 1.165) is 6.20 Å². The smallest absolute Gasteiger partial charge is 0.342 e. The van der Waals surface area contributed by atoms with Gasteiger partial charge in [0.2, 0.25) is 0 Å². The van der Waals surface area contributed by atoms with Gasteiger partial charge in [-0.3, -0.25) is 10.2 Å². The molecule has 0 aromatic carbocycles. The second kappa shape index (κ2) is 8.58. The van der Waals surface area contributed by atoms with Crippen molar-refractivity contribution < 1.29 is 24.0 Å². The van der Waals surface area contributed by atoms with Crippen LogP contribution >= 0.6 is 0 Å². The zero-order chi connectivity index (χ0) is 17.4. The summed E-state index contributed by atoms with van der Waals surface area (Å²) in [5, 5.41) is 20.0. The lowest BCUT2D eigenvalue weighted by Crippen LogP contribution is -2.32. The van der Waals surface area contributed by atoms with Gasteiger partial charge in [-0.25, -0.2) is 14.3 Å². The van der Waals surface area contributed by atoms with Crippen LogP contribution in [0.5, 0.6) is 0 Å². The highest BCUT2D eigenvalue weighted by molar-refractivity contribution is 5.95. The molecule has 23 heavy (non-hydrogen) atoms. The zero-order valence-corrected chi connectivity index (χ0v) is 12.7. The number of imidazole rings is 1. The molecule has 0 fully saturated rings. The Bertz CT molecular complexity index is 611. The Hall–Kier alpha value is -2.82. The van der Waals surface area contributed by atoms with Crippen molar-refractivity contribution >= 4 is 23.5 Å². The van der Waals surface area contributed by atoms with Crippen LogP contribution in [-0.4, -0.2) is 52.0 Å². The molecule has 11 heteroatoms. The number of nitrogens with one attached hydrogen (secondary N) is 2. The molecular weight excluding hydrogens is 310 g/mol. The van der Waals surface area contributed by atoms with Gasteiger partial charge in [-0.05, 0) is 11.8 Å². The van der Waals surface area contributed by atoms with E-state index in [0.29, 0.717) is 5.82 Å². The molecule has 0 atom stereocenters. The Morgan fingerprint density at radius 3 is 2.78 bits per heavy atom. The van der Waals surface area contributed by atoms with E-state index in [1.807, 2.05) is 0 Å². The molecule has 0 bridgehead atoms. The largest absolute Gasteiger partial charge is 0.460 e. The van der Waals surface area contributed by atoms with Crippen LogP contribution < -0.4 is 5.32 Å². The van der Waals surface area contributed by atoms with Crippen molar-refractivity contribution in [1.29, 1.82) is 5.41 Å². The van der Waals surface area contributed by atoms with E-state index in [2.05, 4.69) is 10.3 Å². The van der Waals surface area contributed by atoms with Gasteiger partial charge < -0.3 is 24.9 Å². The lowest BCUT2D eigenvalue weighted by molar-refractivity contribution is -0.392. The van der Waals surface area contributed by atoms with E-state index in [1.165, 1.54) is 11.5 Å². The van der Waals surface area contributed by atoms with Gasteiger partial charge in [-0.1, -0.05) is 0 Å². The first-order valence-corrected chi connectivity index (χ1v) is 6.56. The molecule has 0 aliphatic heterocycles. The highest BCUT2D eigenvalue weighted by Gasteiger charge is 2.17. The van der Waals surface area contributed by atoms with Gasteiger partial charge in [-0.15, -0.1) is 0 Å². The van der Waals surface area contributed by atoms with Crippen LogP contribution in [0.25, 0.3) is 0 Å². The second-order valence-electron chi connectivity index (χ2n) is 4.46. The fourth-order valence-corrected chi connectivity index (χ4v) is 1.64. The van der Waals surface area contributed by atoms with Crippen molar-refractivity contribution in [3.05, 3.63) is 22.1 Å². The highest BCUT2D eigenvalue weighted by Crippen LogP contribution is 2.12. The Morgan fingerprint density at radius 2 is 2.17 bits per heavy atom. The van der Waals surface area contributed by atoms with E-state index in [4.69, 9.17) is 14.9 Å². The number of aromatic nitrogens is 2. The fourth-order valence-electron chi connectivity index (χ4n) is 1.64. The van der Waals surface area contributed by atoms with Crippen molar-refractivity contribution in [2.45, 2.75) is 20.4 Å². The van der Waals surface area contributed by atoms with E-state index >= 15 is 0 Å². The lowest BCUT2D eigenvalue weighted by atomic mass is 10.5. The summed E-state index contributed by atoms with van der Waals surface area (Å²) >= 11 is 0. The maximum absolute atomic E-state index is 11.4. The maximum atomic E-state index is 11.4. The van der Waals surface area contributed by atoms with E-state index in [9.17, 15) is 19.7 Å². The Morgan fingerprint density at radius 1 is 1.48 bits per heavy atom. The summed E-state index contributed by atoms with van der Waals surface area (Å²) in [4.78, 5) is 36.6. The number of ether oxygens (including phenoxy) is 2. The molecule has 11 nitrogen and oxygen atoms in total. The van der Waals surface area contributed by atoms with E-state index < -0.39 is 23.4 Å². The number of rotatable bonds is 8. The SMILES string of the molecule is CC(=N)NC(=O)COCC(=O)OCCn1c([N+](=O)[O-])cnc1C. The van der Waals surface area contributed by atoms with Gasteiger partial charge >= 0.3 is 11.8 Å². The summed E-state index contributed by atoms with van der Waals surface area (Å²) in [6, 6.07) is 0. The number of aryl methyl sites for hydroxylation is 1. The molecule has 1 aromatic heterocycles. The number of esters is 1. The van der Waals surface area contributed by atoms with Crippen LogP contribution in [0.2, 0.25) is 0 Å². The zero-order valence-electron chi connectivity index (χ0n) is 12.7. The number of nitro groups is 1. The van der Waals surface area contributed by atoms with Gasteiger partial charge in [-0.2, -0.15) is 0 Å². The predicted molar refractivity (Wildman–Crippen MR) is 76.9 cm³/mol. The molecule has 0 saturated heterocycles. The van der Waals surface area contributed by atoms with Gasteiger partial charge in [0.15, 0.2) is 5.82 Å². The minimum atomic E-state index is -0.704. The molecule has 0 unspecified atom stereocenters. The molecule has 0 aliphatic rings. The highest BCUT2D eigenvalue weighted by atomic mass is 16.6. The molecule has 1 heterocycles. The minimum Gasteiger partial charge on any atom is -0.460 e. The topological polar surface area (TPSA) is 149 Å². The molecule has 1 aromatic rings. The van der Waals surface area contributed by atoms with Crippen LogP contribution in [0, 0.1) is 22.4 Å². The average Bonchev–Trinajstić information content (AvgIpc) is 2.79. The molecule has 1 rings (SSSR count). The fraction of sp³-hybridized carbons (Fsp3) is 0.500. The van der Waals surface area contributed by atoms with Crippen molar-refractivity contribution in [2.75, 3.05) is 19.8 Å². The quantitative estimate of drug-likeness (QED) is 0.220. The molecule has 126 valence electrons. The van der Waals surface area contributed by atoms with Gasteiger partial charge in [0.25, 0.3) is 5.91 Å². The van der Waals surface area contributed by atoms with Crippen molar-refractivity contribution in [1.82, 2.24) is 14.9 Å². The predicted octanol–water partition coefficient (Wildman–Crippen LogP) is -0.227. The molecule has 0 aliphatic carbocycles. The third-order valence-corrected chi connectivity index (χ3v) is 2.58. The third kappa shape index (κ3) is 6.22. The number of carbonyl (C=O) groups is 2. The Kier molecular flexibility index (Phi) is 6.80. The van der Waals surface area contributed by atoms with Crippen LogP contribution in [0.1, 0.15) is 12.7 Å². The molecule has 1 amide bonds. The molecule has 2 N–H and O–H groups in total. The molecule has 0 radical (unpaired) electrons. The molecular formula is C12H17N5O6. The summed E-state index contributed by atoms with van der Waals surface area (Å²) in [6.45, 7) is 2.17. The van der Waals surface area contributed by atoms with Crippen LogP contribution in [0.4, 0.5) is 5.82 Å². The van der Waals surface area contributed by atoms with E-state index in [-0.39, 0.29) is 31.4 Å². The summed E-state index contributed by atoms with van der Waals surface area (Å²) in [6.07, 6.45) is 1.13. The normalized spacial score (nSPS) is 10.2. The third-order valence-electron chi connectivity index (χ3n) is 2.58. The van der Waals surface area contributed by atoms with Gasteiger partial charge in [0, 0.05) is 6.92 Å². The minimum absolute atomic E-state index is 0.0292. The first-order valence-electron chi connectivity index (χ1n) is 6.56. The molecule has 0 spiro atoms. The first-order chi connectivity index (χ1) is 10.8. The average molecular weight is 327 g/mol. The number of hydrogen-bond donors (Lipinski definition) is 2. The van der Waals surface area contributed by atoms with Crippen molar-refractivity contribution in [2.24, 2.45) is 0 Å². The van der Waals surface area contributed by atoms with Crippen LogP contribution in [0.3, 0.4) is 0 Å². The summed E-state index contributed by atoms with van der Waals surface area (Å²) in [7, 11) is 0. The lowest BCUT2D eigenvalue weighted by Gasteiger charge is -2.06. The van der Waals surface area contributed by atoms with Crippen molar-refractivity contribution in [3.8, 4) is 0 Å². The summed E-state index contributed by atoms with van der Waals surface area (Å²) in [5.74, 6) is -1.03. The monoisotopic (exact) mass is 327 g/mol. The van der Waals surface area contributed by atoms with Crippen LogP contribution in [0.15, 0.2) is 6.20 Å². The summed E-state index contributed by atoms with van der Waals surface area (Å²) < 4.78 is 11.0. The van der Waals surface area contributed by atoms with Gasteiger partial charge in [0.05, 0.1) is 5.84 Å². The summed E-state index contributed by atoms with van der Waals surface area (Å²) in [5.41, 5.74) is 0. The first kappa shape index (κ1) is 18.2. The van der Waals surface area contributed by atoms with Crippen molar-refractivity contribution in [3.63, 3.8) is 0 Å². The van der Waals surface area contributed by atoms with Crippen LogP contribution in [-0.2, 0) is 25.6 Å². The Labute approximate surface area is 131 Å². The second-order valence-corrected chi connectivity index (χ2v) is 4.46. The molecule has 0 saturated carbocycles. The van der Waals surface area contributed by atoms with E-state index in [1.54, 1.807) is 6.92 Å².